The second-order valence-electron chi connectivity index (χ2n) is 2.66. The Morgan fingerprint density at radius 2 is 2.58 bits per heavy atom. The quantitative estimate of drug-likeness (QED) is 0.620. The van der Waals surface area contributed by atoms with Crippen molar-refractivity contribution in [1.29, 1.82) is 0 Å². The maximum atomic E-state index is 5.60. The molecule has 1 aliphatic rings. The SMILES string of the molecule is CC1CNc2nc(Cl)ncc2O1. The van der Waals surface area contributed by atoms with Crippen LogP contribution in [0.25, 0.3) is 0 Å². The van der Waals surface area contributed by atoms with E-state index in [1.165, 1.54) is 0 Å². The van der Waals surface area contributed by atoms with E-state index in [2.05, 4.69) is 15.3 Å². The van der Waals surface area contributed by atoms with Gasteiger partial charge in [-0.2, -0.15) is 4.98 Å². The number of anilines is 1. The largest absolute Gasteiger partial charge is 0.483 e. The predicted molar refractivity (Wildman–Crippen MR) is 45.6 cm³/mol. The van der Waals surface area contributed by atoms with Crippen molar-refractivity contribution in [3.05, 3.63) is 11.5 Å². The number of hydrogen-bond donors (Lipinski definition) is 1. The molecule has 1 aromatic rings. The molecule has 12 heavy (non-hydrogen) atoms. The Hall–Kier alpha value is -1.03. The molecule has 1 N–H and O–H groups in total. The van der Waals surface area contributed by atoms with E-state index in [1.54, 1.807) is 6.20 Å². The number of fused-ring (bicyclic) bond motifs is 1. The van der Waals surface area contributed by atoms with Gasteiger partial charge in [-0.15, -0.1) is 0 Å². The molecule has 1 atom stereocenters. The lowest BCUT2D eigenvalue weighted by molar-refractivity contribution is 0.223. The van der Waals surface area contributed by atoms with Gasteiger partial charge < -0.3 is 10.1 Å². The van der Waals surface area contributed by atoms with Crippen LogP contribution in [0.1, 0.15) is 6.92 Å². The van der Waals surface area contributed by atoms with Gasteiger partial charge in [0.2, 0.25) is 5.28 Å². The molecule has 0 aromatic carbocycles. The summed E-state index contributed by atoms with van der Waals surface area (Å²) in [5, 5.41) is 3.33. The van der Waals surface area contributed by atoms with Crippen LogP contribution in [0.15, 0.2) is 6.20 Å². The summed E-state index contributed by atoms with van der Waals surface area (Å²) in [4.78, 5) is 7.78. The molecule has 0 aliphatic carbocycles. The fourth-order valence-electron chi connectivity index (χ4n) is 1.06. The second kappa shape index (κ2) is 2.79. The Morgan fingerprint density at radius 1 is 1.75 bits per heavy atom. The van der Waals surface area contributed by atoms with E-state index < -0.39 is 0 Å². The summed E-state index contributed by atoms with van der Waals surface area (Å²) >= 11 is 5.60. The summed E-state index contributed by atoms with van der Waals surface area (Å²) in [6.45, 7) is 2.73. The fourth-order valence-corrected chi connectivity index (χ4v) is 1.19. The van der Waals surface area contributed by atoms with Gasteiger partial charge in [-0.1, -0.05) is 0 Å². The number of rotatable bonds is 0. The lowest BCUT2D eigenvalue weighted by Gasteiger charge is -2.22. The van der Waals surface area contributed by atoms with Crippen molar-refractivity contribution in [3.8, 4) is 5.75 Å². The molecule has 4 nitrogen and oxygen atoms in total. The molecular weight excluding hydrogens is 178 g/mol. The van der Waals surface area contributed by atoms with Crippen LogP contribution in [-0.4, -0.2) is 22.6 Å². The first-order chi connectivity index (χ1) is 5.75. The molecule has 0 radical (unpaired) electrons. The summed E-state index contributed by atoms with van der Waals surface area (Å²) < 4.78 is 5.44. The third-order valence-electron chi connectivity index (χ3n) is 1.61. The zero-order valence-corrected chi connectivity index (χ0v) is 7.30. The number of nitrogens with one attached hydrogen (secondary N) is 1. The highest BCUT2D eigenvalue weighted by Crippen LogP contribution is 2.26. The van der Waals surface area contributed by atoms with Crippen LogP contribution >= 0.6 is 11.6 Å². The average molecular weight is 186 g/mol. The minimum absolute atomic E-state index is 0.155. The van der Waals surface area contributed by atoms with Gasteiger partial charge in [0.05, 0.1) is 12.7 Å². The van der Waals surface area contributed by atoms with Gasteiger partial charge in [-0.25, -0.2) is 4.98 Å². The third kappa shape index (κ3) is 1.30. The van der Waals surface area contributed by atoms with Crippen LogP contribution in [0.4, 0.5) is 5.82 Å². The van der Waals surface area contributed by atoms with Crippen LogP contribution in [0.5, 0.6) is 5.75 Å². The highest BCUT2D eigenvalue weighted by atomic mass is 35.5. The molecule has 0 fully saturated rings. The molecule has 1 unspecified atom stereocenters. The Balaban J connectivity index is 2.37. The van der Waals surface area contributed by atoms with E-state index in [0.717, 1.165) is 6.54 Å². The van der Waals surface area contributed by atoms with Crippen LogP contribution in [-0.2, 0) is 0 Å². The van der Waals surface area contributed by atoms with E-state index in [1.807, 2.05) is 6.92 Å². The first kappa shape index (κ1) is 7.61. The van der Waals surface area contributed by atoms with Gasteiger partial charge in [0, 0.05) is 0 Å². The molecule has 0 amide bonds. The molecule has 1 aliphatic heterocycles. The maximum absolute atomic E-state index is 5.60. The Labute approximate surface area is 74.9 Å². The van der Waals surface area contributed by atoms with E-state index in [4.69, 9.17) is 16.3 Å². The predicted octanol–water partition coefficient (Wildman–Crippen LogP) is 1.32. The average Bonchev–Trinajstić information content (AvgIpc) is 2.05. The number of aromatic nitrogens is 2. The summed E-state index contributed by atoms with van der Waals surface area (Å²) in [6.07, 6.45) is 1.73. The number of nitrogens with zero attached hydrogens (tertiary/aromatic N) is 2. The summed E-state index contributed by atoms with van der Waals surface area (Å²) in [7, 11) is 0. The summed E-state index contributed by atoms with van der Waals surface area (Å²) in [5.41, 5.74) is 0. The third-order valence-corrected chi connectivity index (χ3v) is 1.79. The second-order valence-corrected chi connectivity index (χ2v) is 3.00. The number of ether oxygens (including phenoxy) is 1. The van der Waals surface area contributed by atoms with Crippen molar-refractivity contribution in [2.75, 3.05) is 11.9 Å². The maximum Gasteiger partial charge on any atom is 0.224 e. The van der Waals surface area contributed by atoms with Crippen LogP contribution in [0.3, 0.4) is 0 Å². The minimum atomic E-state index is 0.155. The van der Waals surface area contributed by atoms with Crippen LogP contribution < -0.4 is 10.1 Å². The fraction of sp³-hybridized carbons (Fsp3) is 0.429. The number of halogens is 1. The van der Waals surface area contributed by atoms with Crippen molar-refractivity contribution < 1.29 is 4.74 Å². The molecule has 0 saturated carbocycles. The molecule has 2 rings (SSSR count). The molecular formula is C7H8ClN3O. The zero-order valence-electron chi connectivity index (χ0n) is 6.54. The summed E-state index contributed by atoms with van der Waals surface area (Å²) in [6, 6.07) is 0. The Bertz CT molecular complexity index is 305. The van der Waals surface area contributed by atoms with Crippen molar-refractivity contribution in [2.45, 2.75) is 13.0 Å². The monoisotopic (exact) mass is 185 g/mol. The standard InChI is InChI=1S/C7H8ClN3O/c1-4-2-9-6-5(12-4)3-10-7(8)11-6/h3-4H,2H2,1H3,(H,9,10,11). The van der Waals surface area contributed by atoms with Gasteiger partial charge in [-0.05, 0) is 18.5 Å². The Kier molecular flexibility index (Phi) is 1.77. The Morgan fingerprint density at radius 3 is 3.42 bits per heavy atom. The molecule has 5 heteroatoms. The van der Waals surface area contributed by atoms with E-state index >= 15 is 0 Å². The zero-order chi connectivity index (χ0) is 8.55. The summed E-state index contributed by atoms with van der Waals surface area (Å²) in [5.74, 6) is 1.34. The first-order valence-electron chi connectivity index (χ1n) is 3.69. The number of hydrogen-bond acceptors (Lipinski definition) is 4. The van der Waals surface area contributed by atoms with E-state index in [0.29, 0.717) is 11.6 Å². The normalized spacial score (nSPS) is 20.7. The van der Waals surface area contributed by atoms with E-state index in [-0.39, 0.29) is 11.4 Å². The van der Waals surface area contributed by atoms with Gasteiger partial charge in [0.15, 0.2) is 11.6 Å². The molecule has 0 saturated heterocycles. The van der Waals surface area contributed by atoms with Crippen molar-refractivity contribution in [1.82, 2.24) is 9.97 Å². The molecule has 0 spiro atoms. The lowest BCUT2D eigenvalue weighted by atomic mass is 10.3. The lowest BCUT2D eigenvalue weighted by Crippen LogP contribution is -2.28. The minimum Gasteiger partial charge on any atom is -0.483 e. The van der Waals surface area contributed by atoms with Crippen molar-refractivity contribution in [3.63, 3.8) is 0 Å². The highest BCUT2D eigenvalue weighted by Gasteiger charge is 2.16. The van der Waals surface area contributed by atoms with Crippen LogP contribution in [0.2, 0.25) is 5.28 Å². The van der Waals surface area contributed by atoms with Gasteiger partial charge in [-0.3, -0.25) is 0 Å². The van der Waals surface area contributed by atoms with Crippen molar-refractivity contribution in [2.24, 2.45) is 0 Å². The van der Waals surface area contributed by atoms with Crippen LogP contribution in [0, 0.1) is 0 Å². The molecule has 1 aromatic heterocycles. The van der Waals surface area contributed by atoms with Gasteiger partial charge in [0.1, 0.15) is 6.10 Å². The highest BCUT2D eigenvalue weighted by molar-refractivity contribution is 6.28. The topological polar surface area (TPSA) is 47.0 Å². The van der Waals surface area contributed by atoms with E-state index in [9.17, 15) is 0 Å². The molecule has 64 valence electrons. The first-order valence-corrected chi connectivity index (χ1v) is 4.06. The smallest absolute Gasteiger partial charge is 0.224 e. The van der Waals surface area contributed by atoms with Gasteiger partial charge in [0.25, 0.3) is 0 Å². The van der Waals surface area contributed by atoms with Gasteiger partial charge >= 0.3 is 0 Å². The van der Waals surface area contributed by atoms with Crippen molar-refractivity contribution >= 4 is 17.4 Å². The molecule has 0 bridgehead atoms. The molecule has 2 heterocycles.